The van der Waals surface area contributed by atoms with Gasteiger partial charge < -0.3 is 5.11 Å². The minimum absolute atomic E-state index is 0.0890. The van der Waals surface area contributed by atoms with E-state index in [1.807, 2.05) is 0 Å². The standard InChI is InChI=1S/C13H13F3O3/c14-13(15,16)10-6-3-5-9(8-10)4-1-2-7-11(17)12(18)19/h3,5-6,8H,1-2,4,7H2,(H,18,19). The fourth-order valence-electron chi connectivity index (χ4n) is 1.62. The molecule has 0 spiro atoms. The molecule has 0 aliphatic heterocycles. The van der Waals surface area contributed by atoms with Crippen molar-refractivity contribution in [3.63, 3.8) is 0 Å². The largest absolute Gasteiger partial charge is 0.476 e. The van der Waals surface area contributed by atoms with Crippen LogP contribution < -0.4 is 0 Å². The first-order valence-corrected chi connectivity index (χ1v) is 5.73. The quantitative estimate of drug-likeness (QED) is 0.640. The number of ketones is 1. The normalized spacial score (nSPS) is 11.3. The number of carbonyl (C=O) groups excluding carboxylic acids is 1. The molecule has 0 unspecified atom stereocenters. The number of halogens is 3. The second-order valence-corrected chi connectivity index (χ2v) is 4.13. The Bertz CT molecular complexity index is 466. The number of aliphatic carboxylic acids is 1. The van der Waals surface area contributed by atoms with Crippen LogP contribution in [0.5, 0.6) is 0 Å². The lowest BCUT2D eigenvalue weighted by Gasteiger charge is -2.08. The zero-order valence-corrected chi connectivity index (χ0v) is 10.0. The molecule has 0 atom stereocenters. The summed E-state index contributed by atoms with van der Waals surface area (Å²) in [6.45, 7) is 0. The number of rotatable bonds is 6. The van der Waals surface area contributed by atoms with Crippen LogP contribution in [-0.4, -0.2) is 16.9 Å². The maximum Gasteiger partial charge on any atom is 0.416 e. The molecule has 0 aliphatic rings. The van der Waals surface area contributed by atoms with Gasteiger partial charge in [0.25, 0.3) is 0 Å². The summed E-state index contributed by atoms with van der Waals surface area (Å²) in [5.41, 5.74) is -0.177. The predicted molar refractivity (Wildman–Crippen MR) is 61.6 cm³/mol. The number of benzene rings is 1. The van der Waals surface area contributed by atoms with Crippen molar-refractivity contribution in [2.75, 3.05) is 0 Å². The summed E-state index contributed by atoms with van der Waals surface area (Å²) in [7, 11) is 0. The lowest BCUT2D eigenvalue weighted by molar-refractivity contribution is -0.149. The second kappa shape index (κ2) is 6.36. The van der Waals surface area contributed by atoms with E-state index >= 15 is 0 Å². The van der Waals surface area contributed by atoms with Gasteiger partial charge in [0, 0.05) is 6.42 Å². The molecule has 0 aliphatic carbocycles. The molecule has 1 aromatic carbocycles. The molecule has 104 valence electrons. The fourth-order valence-corrected chi connectivity index (χ4v) is 1.62. The van der Waals surface area contributed by atoms with Gasteiger partial charge in [-0.25, -0.2) is 4.79 Å². The summed E-state index contributed by atoms with van der Waals surface area (Å²) < 4.78 is 37.3. The van der Waals surface area contributed by atoms with Crippen molar-refractivity contribution >= 4 is 11.8 Å². The number of hydrogen-bond acceptors (Lipinski definition) is 2. The lowest BCUT2D eigenvalue weighted by Crippen LogP contribution is -2.11. The van der Waals surface area contributed by atoms with Gasteiger partial charge in [-0.1, -0.05) is 18.2 Å². The van der Waals surface area contributed by atoms with Gasteiger partial charge in [0.15, 0.2) is 0 Å². The maximum atomic E-state index is 12.4. The molecule has 0 saturated heterocycles. The van der Waals surface area contributed by atoms with E-state index in [2.05, 4.69) is 0 Å². The summed E-state index contributed by atoms with van der Waals surface area (Å²) in [6, 6.07) is 4.98. The van der Waals surface area contributed by atoms with Crippen LogP contribution >= 0.6 is 0 Å². The molecular formula is C13H13F3O3. The van der Waals surface area contributed by atoms with Gasteiger partial charge in [-0.15, -0.1) is 0 Å². The molecule has 19 heavy (non-hydrogen) atoms. The Morgan fingerprint density at radius 3 is 2.42 bits per heavy atom. The van der Waals surface area contributed by atoms with Crippen molar-refractivity contribution in [2.24, 2.45) is 0 Å². The first kappa shape index (κ1) is 15.2. The SMILES string of the molecule is O=C(O)C(=O)CCCCc1cccc(C(F)(F)F)c1. The molecule has 3 nitrogen and oxygen atoms in total. The van der Waals surface area contributed by atoms with Crippen molar-refractivity contribution in [2.45, 2.75) is 31.9 Å². The summed E-state index contributed by atoms with van der Waals surface area (Å²) in [5.74, 6) is -2.34. The highest BCUT2D eigenvalue weighted by molar-refractivity contribution is 6.32. The molecule has 1 N–H and O–H groups in total. The van der Waals surface area contributed by atoms with E-state index < -0.39 is 23.5 Å². The van der Waals surface area contributed by atoms with Gasteiger partial charge >= 0.3 is 12.1 Å². The average molecular weight is 274 g/mol. The summed E-state index contributed by atoms with van der Waals surface area (Å²) >= 11 is 0. The van der Waals surface area contributed by atoms with Gasteiger partial charge in [-0.2, -0.15) is 13.2 Å². The van der Waals surface area contributed by atoms with Crippen LogP contribution in [0.3, 0.4) is 0 Å². The number of carboxylic acid groups (broad SMARTS) is 1. The summed E-state index contributed by atoms with van der Waals surface area (Å²) in [4.78, 5) is 21.0. The van der Waals surface area contributed by atoms with Gasteiger partial charge in [-0.3, -0.25) is 4.79 Å². The average Bonchev–Trinajstić information content (AvgIpc) is 2.33. The molecule has 1 aromatic rings. The Morgan fingerprint density at radius 1 is 1.16 bits per heavy atom. The number of Topliss-reactive ketones (excluding diaryl/α,β-unsaturated/α-hetero) is 1. The maximum absolute atomic E-state index is 12.4. The minimum Gasteiger partial charge on any atom is -0.476 e. The van der Waals surface area contributed by atoms with E-state index in [4.69, 9.17) is 5.11 Å². The second-order valence-electron chi connectivity index (χ2n) is 4.13. The Hall–Kier alpha value is -1.85. The number of alkyl halides is 3. The molecule has 0 aromatic heterocycles. The Labute approximate surface area is 108 Å². The third kappa shape index (κ3) is 5.11. The van der Waals surface area contributed by atoms with Crippen LogP contribution in [0.2, 0.25) is 0 Å². The fraction of sp³-hybridized carbons (Fsp3) is 0.385. The van der Waals surface area contributed by atoms with Gasteiger partial charge in [0.05, 0.1) is 5.56 Å². The molecule has 0 radical (unpaired) electrons. The topological polar surface area (TPSA) is 54.4 Å². The smallest absolute Gasteiger partial charge is 0.416 e. The van der Waals surface area contributed by atoms with Crippen LogP contribution in [-0.2, 0) is 22.2 Å². The Kier molecular flexibility index (Phi) is 5.09. The highest BCUT2D eigenvalue weighted by Crippen LogP contribution is 2.29. The van der Waals surface area contributed by atoms with Crippen molar-refractivity contribution in [3.05, 3.63) is 35.4 Å². The van der Waals surface area contributed by atoms with E-state index in [-0.39, 0.29) is 6.42 Å². The Balaban J connectivity index is 2.46. The molecular weight excluding hydrogens is 261 g/mol. The van der Waals surface area contributed by atoms with Crippen LogP contribution in [0.25, 0.3) is 0 Å². The third-order valence-electron chi connectivity index (χ3n) is 2.61. The molecule has 0 bridgehead atoms. The van der Waals surface area contributed by atoms with E-state index in [0.29, 0.717) is 24.8 Å². The van der Waals surface area contributed by atoms with Gasteiger partial charge in [0.1, 0.15) is 0 Å². The van der Waals surface area contributed by atoms with Crippen LogP contribution in [0.4, 0.5) is 13.2 Å². The lowest BCUT2D eigenvalue weighted by atomic mass is 10.0. The monoisotopic (exact) mass is 274 g/mol. The zero-order chi connectivity index (χ0) is 14.5. The van der Waals surface area contributed by atoms with Crippen LogP contribution in [0.1, 0.15) is 30.4 Å². The third-order valence-corrected chi connectivity index (χ3v) is 2.61. The van der Waals surface area contributed by atoms with E-state index in [0.717, 1.165) is 12.1 Å². The highest BCUT2D eigenvalue weighted by atomic mass is 19.4. The summed E-state index contributed by atoms with van der Waals surface area (Å²) in [6.07, 6.45) is -3.25. The number of unbranched alkanes of at least 4 members (excludes halogenated alkanes) is 1. The molecule has 1 rings (SSSR count). The minimum atomic E-state index is -4.37. The number of carbonyl (C=O) groups is 2. The highest BCUT2D eigenvalue weighted by Gasteiger charge is 2.30. The van der Waals surface area contributed by atoms with Gasteiger partial charge in [-0.05, 0) is 30.9 Å². The van der Waals surface area contributed by atoms with Crippen molar-refractivity contribution < 1.29 is 27.9 Å². The van der Waals surface area contributed by atoms with E-state index in [9.17, 15) is 22.8 Å². The van der Waals surface area contributed by atoms with Gasteiger partial charge in [0.2, 0.25) is 5.78 Å². The van der Waals surface area contributed by atoms with Crippen molar-refractivity contribution in [1.29, 1.82) is 0 Å². The first-order chi connectivity index (χ1) is 8.80. The molecule has 0 saturated carbocycles. The predicted octanol–water partition coefficient (Wildman–Crippen LogP) is 3.07. The van der Waals surface area contributed by atoms with E-state index in [1.54, 1.807) is 6.07 Å². The molecule has 0 heterocycles. The van der Waals surface area contributed by atoms with Crippen LogP contribution in [0.15, 0.2) is 24.3 Å². The molecule has 6 heteroatoms. The Morgan fingerprint density at radius 2 is 1.84 bits per heavy atom. The zero-order valence-electron chi connectivity index (χ0n) is 10.0. The molecule has 0 fully saturated rings. The summed E-state index contributed by atoms with van der Waals surface area (Å²) in [5, 5.41) is 8.35. The van der Waals surface area contributed by atoms with Crippen molar-refractivity contribution in [3.8, 4) is 0 Å². The van der Waals surface area contributed by atoms with Crippen LogP contribution in [0, 0.1) is 0 Å². The van der Waals surface area contributed by atoms with Crippen molar-refractivity contribution in [1.82, 2.24) is 0 Å². The molecule has 0 amide bonds. The first-order valence-electron chi connectivity index (χ1n) is 5.73. The van der Waals surface area contributed by atoms with E-state index in [1.165, 1.54) is 6.07 Å². The number of carboxylic acids is 1. The number of hydrogen-bond donors (Lipinski definition) is 1. The number of aryl methyl sites for hydroxylation is 1.